The van der Waals surface area contributed by atoms with E-state index < -0.39 is 5.97 Å². The fraction of sp³-hybridized carbons (Fsp3) is 0.105. The monoisotopic (exact) mass is 334 g/mol. The Hall–Kier alpha value is -3.77. The van der Waals surface area contributed by atoms with Crippen molar-refractivity contribution >= 4 is 12.0 Å². The predicted octanol–water partition coefficient (Wildman–Crippen LogP) is 3.11. The number of allylic oxidation sites excluding steroid dienone is 1. The number of ether oxygens (including phenoxy) is 3. The van der Waals surface area contributed by atoms with Crippen LogP contribution in [-0.2, 0) is 4.79 Å². The van der Waals surface area contributed by atoms with Crippen molar-refractivity contribution in [2.45, 2.75) is 0 Å². The van der Waals surface area contributed by atoms with Gasteiger partial charge in [-0.15, -0.1) is 0 Å². The van der Waals surface area contributed by atoms with Gasteiger partial charge in [-0.25, -0.2) is 4.79 Å². The smallest absolute Gasteiger partial charge is 0.349 e. The van der Waals surface area contributed by atoms with E-state index in [-0.39, 0.29) is 12.2 Å². The SMILES string of the molecule is COc1ccc(OCC(=O)Oc2ccc(C=C(C#N)C#N)cc2)cc1. The van der Waals surface area contributed by atoms with Crippen LogP contribution in [-0.4, -0.2) is 19.7 Å². The van der Waals surface area contributed by atoms with E-state index in [1.807, 2.05) is 0 Å². The molecule has 0 N–H and O–H groups in total. The van der Waals surface area contributed by atoms with Crippen LogP contribution in [0.5, 0.6) is 17.2 Å². The highest BCUT2D eigenvalue weighted by molar-refractivity contribution is 5.74. The topological polar surface area (TPSA) is 92.3 Å². The summed E-state index contributed by atoms with van der Waals surface area (Å²) < 4.78 is 15.5. The Morgan fingerprint density at radius 1 is 0.960 bits per heavy atom. The van der Waals surface area contributed by atoms with Gasteiger partial charge in [0.2, 0.25) is 0 Å². The second-order valence-electron chi connectivity index (χ2n) is 4.79. The summed E-state index contributed by atoms with van der Waals surface area (Å²) in [5, 5.41) is 17.4. The van der Waals surface area contributed by atoms with Gasteiger partial charge in [-0.3, -0.25) is 0 Å². The van der Waals surface area contributed by atoms with E-state index in [0.29, 0.717) is 22.8 Å². The number of hydrogen-bond acceptors (Lipinski definition) is 6. The lowest BCUT2D eigenvalue weighted by molar-refractivity contribution is -0.136. The predicted molar refractivity (Wildman–Crippen MR) is 89.8 cm³/mol. The van der Waals surface area contributed by atoms with Crippen molar-refractivity contribution in [3.8, 4) is 29.4 Å². The zero-order chi connectivity index (χ0) is 18.1. The van der Waals surface area contributed by atoms with Crippen LogP contribution in [0.1, 0.15) is 5.56 Å². The maximum Gasteiger partial charge on any atom is 0.349 e. The molecule has 124 valence electrons. The molecule has 0 heterocycles. The summed E-state index contributed by atoms with van der Waals surface area (Å²) in [5.74, 6) is 1.02. The average Bonchev–Trinajstić information content (AvgIpc) is 2.66. The number of carbonyl (C=O) groups is 1. The first-order chi connectivity index (χ1) is 12.1. The van der Waals surface area contributed by atoms with E-state index in [2.05, 4.69) is 0 Å². The minimum Gasteiger partial charge on any atom is -0.497 e. The van der Waals surface area contributed by atoms with Gasteiger partial charge in [-0.2, -0.15) is 10.5 Å². The van der Waals surface area contributed by atoms with Crippen LogP contribution in [0.15, 0.2) is 54.1 Å². The zero-order valence-electron chi connectivity index (χ0n) is 13.4. The summed E-state index contributed by atoms with van der Waals surface area (Å²) in [5.41, 5.74) is 0.657. The standard InChI is InChI=1S/C19H14N2O4/c1-23-16-6-8-17(9-7-16)24-13-19(22)25-18-4-2-14(3-5-18)10-15(11-20)12-21/h2-10H,13H2,1H3. The number of carbonyl (C=O) groups excluding carboxylic acids is 1. The Morgan fingerprint density at radius 3 is 2.08 bits per heavy atom. The van der Waals surface area contributed by atoms with E-state index in [9.17, 15) is 4.79 Å². The molecule has 2 rings (SSSR count). The molecule has 25 heavy (non-hydrogen) atoms. The maximum atomic E-state index is 11.8. The highest BCUT2D eigenvalue weighted by atomic mass is 16.6. The number of rotatable bonds is 6. The van der Waals surface area contributed by atoms with E-state index in [1.54, 1.807) is 67.8 Å². The highest BCUT2D eigenvalue weighted by Gasteiger charge is 2.06. The van der Waals surface area contributed by atoms with Gasteiger partial charge in [0.15, 0.2) is 6.61 Å². The molecule has 0 atom stereocenters. The molecule has 0 radical (unpaired) electrons. The second-order valence-corrected chi connectivity index (χ2v) is 4.79. The molecule has 2 aromatic rings. The quantitative estimate of drug-likeness (QED) is 0.458. The third-order valence-electron chi connectivity index (χ3n) is 3.08. The molecule has 0 aromatic heterocycles. The van der Waals surface area contributed by atoms with Crippen molar-refractivity contribution < 1.29 is 19.0 Å². The fourth-order valence-electron chi connectivity index (χ4n) is 1.86. The Bertz CT molecular complexity index is 825. The Balaban J connectivity index is 1.89. The summed E-state index contributed by atoms with van der Waals surface area (Å²) >= 11 is 0. The summed E-state index contributed by atoms with van der Waals surface area (Å²) in [4.78, 5) is 11.8. The number of esters is 1. The molecule has 6 nitrogen and oxygen atoms in total. The summed E-state index contributed by atoms with van der Waals surface area (Å²) in [6.07, 6.45) is 1.44. The first-order valence-corrected chi connectivity index (χ1v) is 7.24. The number of nitrogens with zero attached hydrogens (tertiary/aromatic N) is 2. The number of nitriles is 2. The molecular formula is C19H14N2O4. The molecule has 0 saturated heterocycles. The van der Waals surface area contributed by atoms with Gasteiger partial charge in [0.05, 0.1) is 7.11 Å². The minimum absolute atomic E-state index is 0.00219. The molecule has 0 bridgehead atoms. The summed E-state index contributed by atoms with van der Waals surface area (Å²) in [7, 11) is 1.57. The van der Waals surface area contributed by atoms with Crippen LogP contribution < -0.4 is 14.2 Å². The van der Waals surface area contributed by atoms with Crippen LogP contribution >= 0.6 is 0 Å². The van der Waals surface area contributed by atoms with Crippen LogP contribution in [0.3, 0.4) is 0 Å². The minimum atomic E-state index is -0.547. The normalized spacial score (nSPS) is 9.24. The second kappa shape index (κ2) is 8.76. The van der Waals surface area contributed by atoms with Crippen LogP contribution in [0, 0.1) is 22.7 Å². The summed E-state index contributed by atoms with van der Waals surface area (Å²) in [6.45, 7) is -0.235. The molecule has 6 heteroatoms. The first-order valence-electron chi connectivity index (χ1n) is 7.24. The van der Waals surface area contributed by atoms with E-state index in [1.165, 1.54) is 6.08 Å². The fourth-order valence-corrected chi connectivity index (χ4v) is 1.86. The lowest BCUT2D eigenvalue weighted by Crippen LogP contribution is -2.17. The number of benzene rings is 2. The van der Waals surface area contributed by atoms with Gasteiger partial charge in [-0.05, 0) is 48.0 Å². The molecule has 2 aromatic carbocycles. The van der Waals surface area contributed by atoms with Crippen molar-refractivity contribution in [1.82, 2.24) is 0 Å². The van der Waals surface area contributed by atoms with Gasteiger partial charge in [0.25, 0.3) is 0 Å². The van der Waals surface area contributed by atoms with Gasteiger partial charge >= 0.3 is 5.97 Å². The van der Waals surface area contributed by atoms with Gasteiger partial charge in [-0.1, -0.05) is 12.1 Å². The Labute approximate surface area is 145 Å². The van der Waals surface area contributed by atoms with E-state index >= 15 is 0 Å². The van der Waals surface area contributed by atoms with Crippen molar-refractivity contribution in [3.05, 3.63) is 59.7 Å². The first kappa shape index (κ1) is 17.6. The van der Waals surface area contributed by atoms with Crippen LogP contribution in [0.25, 0.3) is 6.08 Å². The van der Waals surface area contributed by atoms with Crippen molar-refractivity contribution in [2.75, 3.05) is 13.7 Å². The van der Waals surface area contributed by atoms with Gasteiger partial charge in [0.1, 0.15) is 35.0 Å². The number of hydrogen-bond donors (Lipinski definition) is 0. The molecule has 0 saturated carbocycles. The van der Waals surface area contributed by atoms with Crippen LogP contribution in [0.4, 0.5) is 0 Å². The number of methoxy groups -OCH3 is 1. The Kier molecular flexibility index (Phi) is 6.16. The van der Waals surface area contributed by atoms with Crippen molar-refractivity contribution in [3.63, 3.8) is 0 Å². The summed E-state index contributed by atoms with van der Waals surface area (Å²) in [6, 6.07) is 16.8. The third kappa shape index (κ3) is 5.42. The molecule has 0 aliphatic carbocycles. The van der Waals surface area contributed by atoms with Crippen molar-refractivity contribution in [2.24, 2.45) is 0 Å². The van der Waals surface area contributed by atoms with Crippen molar-refractivity contribution in [1.29, 1.82) is 10.5 Å². The van der Waals surface area contributed by atoms with E-state index in [0.717, 1.165) is 0 Å². The van der Waals surface area contributed by atoms with E-state index in [4.69, 9.17) is 24.7 Å². The molecule has 0 unspecified atom stereocenters. The molecule has 0 aliphatic rings. The Morgan fingerprint density at radius 2 is 1.52 bits per heavy atom. The average molecular weight is 334 g/mol. The lowest BCUT2D eigenvalue weighted by Gasteiger charge is -2.07. The molecule has 0 aliphatic heterocycles. The van der Waals surface area contributed by atoms with Gasteiger partial charge < -0.3 is 14.2 Å². The lowest BCUT2D eigenvalue weighted by atomic mass is 10.1. The van der Waals surface area contributed by atoms with Gasteiger partial charge in [0, 0.05) is 0 Å². The molecule has 0 amide bonds. The largest absolute Gasteiger partial charge is 0.497 e. The van der Waals surface area contributed by atoms with Crippen LogP contribution in [0.2, 0.25) is 0 Å². The molecule has 0 fully saturated rings. The maximum absolute atomic E-state index is 11.8. The molecular weight excluding hydrogens is 320 g/mol. The molecule has 0 spiro atoms. The zero-order valence-corrected chi connectivity index (χ0v) is 13.4. The third-order valence-corrected chi connectivity index (χ3v) is 3.08. The highest BCUT2D eigenvalue weighted by Crippen LogP contribution is 2.18.